The van der Waals surface area contributed by atoms with E-state index < -0.39 is 14.9 Å². The van der Waals surface area contributed by atoms with Crippen molar-refractivity contribution in [3.05, 3.63) is 58.6 Å². The molecule has 0 N–H and O–H groups in total. The van der Waals surface area contributed by atoms with Crippen LogP contribution in [0, 0.1) is 10.1 Å². The maximum absolute atomic E-state index is 13.0. The van der Waals surface area contributed by atoms with Crippen molar-refractivity contribution in [1.82, 2.24) is 9.21 Å². The van der Waals surface area contributed by atoms with Gasteiger partial charge in [-0.15, -0.1) is 11.8 Å². The third kappa shape index (κ3) is 5.87. The number of nitrogens with zero attached hydrogens (tertiary/aromatic N) is 4. The van der Waals surface area contributed by atoms with Gasteiger partial charge in [0.15, 0.2) is 0 Å². The van der Waals surface area contributed by atoms with Gasteiger partial charge in [-0.1, -0.05) is 24.6 Å². The van der Waals surface area contributed by atoms with Crippen LogP contribution in [0.3, 0.4) is 0 Å². The predicted octanol–water partition coefficient (Wildman–Crippen LogP) is 3.68. The van der Waals surface area contributed by atoms with E-state index in [1.54, 1.807) is 6.07 Å². The second-order valence-electron chi connectivity index (χ2n) is 8.36. The minimum atomic E-state index is -3.71. The molecule has 4 rings (SSSR count). The van der Waals surface area contributed by atoms with Crippen molar-refractivity contribution >= 4 is 33.2 Å². The Labute approximate surface area is 199 Å². The number of piperazine rings is 1. The summed E-state index contributed by atoms with van der Waals surface area (Å²) in [6.07, 6.45) is 2.67. The van der Waals surface area contributed by atoms with E-state index >= 15 is 0 Å². The summed E-state index contributed by atoms with van der Waals surface area (Å²) in [4.78, 5) is 17.0. The molecule has 2 aromatic carbocycles. The molecule has 2 aliphatic rings. The van der Waals surface area contributed by atoms with Gasteiger partial charge >= 0.3 is 0 Å². The van der Waals surface area contributed by atoms with Crippen molar-refractivity contribution in [1.29, 1.82) is 0 Å². The molecule has 0 unspecified atom stereocenters. The molecule has 0 radical (unpaired) electrons. The Morgan fingerprint density at radius 1 is 0.909 bits per heavy atom. The van der Waals surface area contributed by atoms with Crippen molar-refractivity contribution in [2.24, 2.45) is 0 Å². The summed E-state index contributed by atoms with van der Waals surface area (Å²) in [5.74, 6) is 0.993. The molecule has 0 atom stereocenters. The highest BCUT2D eigenvalue weighted by Crippen LogP contribution is 2.33. The summed E-state index contributed by atoms with van der Waals surface area (Å²) in [5, 5.41) is 11.8. The lowest BCUT2D eigenvalue weighted by molar-refractivity contribution is -0.384. The molecular weight excluding hydrogens is 460 g/mol. The van der Waals surface area contributed by atoms with E-state index in [0.717, 1.165) is 44.6 Å². The smallest absolute Gasteiger partial charge is 0.293 e. The van der Waals surface area contributed by atoms with Gasteiger partial charge in [0.25, 0.3) is 5.69 Å². The van der Waals surface area contributed by atoms with Crippen LogP contribution in [0.5, 0.6) is 0 Å². The van der Waals surface area contributed by atoms with Gasteiger partial charge in [-0.2, -0.15) is 4.31 Å². The molecule has 8 nitrogen and oxygen atoms in total. The number of hydrogen-bond acceptors (Lipinski definition) is 7. The monoisotopic (exact) mass is 490 g/mol. The first kappa shape index (κ1) is 24.0. The van der Waals surface area contributed by atoms with Crippen molar-refractivity contribution in [3.8, 4) is 0 Å². The Hall–Kier alpha value is -2.14. The normalized spacial score (nSPS) is 18.4. The first-order valence-corrected chi connectivity index (χ1v) is 13.8. The molecule has 2 aromatic rings. The van der Waals surface area contributed by atoms with E-state index in [1.165, 1.54) is 21.3 Å². The Bertz CT molecular complexity index is 1050. The SMILES string of the molecule is O=[N+]([O-])c1cc(S(=O)(=O)N2CCCCC2)ccc1N1CCN(CCSc2ccccc2)CC1. The van der Waals surface area contributed by atoms with E-state index in [1.807, 2.05) is 34.9 Å². The van der Waals surface area contributed by atoms with Gasteiger partial charge in [0.2, 0.25) is 10.0 Å². The number of sulfonamides is 1. The van der Waals surface area contributed by atoms with Crippen molar-refractivity contribution in [2.75, 3.05) is 56.5 Å². The summed E-state index contributed by atoms with van der Waals surface area (Å²) in [6.45, 7) is 4.90. The highest BCUT2D eigenvalue weighted by atomic mass is 32.2. The zero-order chi connectivity index (χ0) is 23.3. The first-order chi connectivity index (χ1) is 15.9. The maximum Gasteiger partial charge on any atom is 0.293 e. The summed E-state index contributed by atoms with van der Waals surface area (Å²) in [5.41, 5.74) is 0.358. The zero-order valence-corrected chi connectivity index (χ0v) is 20.3. The van der Waals surface area contributed by atoms with E-state index in [4.69, 9.17) is 0 Å². The van der Waals surface area contributed by atoms with Crippen molar-refractivity contribution in [3.63, 3.8) is 0 Å². The lowest BCUT2D eigenvalue weighted by atomic mass is 10.2. The van der Waals surface area contributed by atoms with Gasteiger partial charge in [-0.05, 0) is 37.1 Å². The van der Waals surface area contributed by atoms with Gasteiger partial charge in [0, 0.05) is 62.5 Å². The van der Waals surface area contributed by atoms with Gasteiger partial charge in [-0.25, -0.2) is 8.42 Å². The zero-order valence-electron chi connectivity index (χ0n) is 18.6. The summed E-state index contributed by atoms with van der Waals surface area (Å²) >= 11 is 1.83. The summed E-state index contributed by atoms with van der Waals surface area (Å²) in [7, 11) is -3.71. The highest BCUT2D eigenvalue weighted by Gasteiger charge is 2.30. The molecule has 0 aromatic heterocycles. The van der Waals surface area contributed by atoms with Crippen molar-refractivity contribution in [2.45, 2.75) is 29.1 Å². The molecule has 178 valence electrons. The second-order valence-corrected chi connectivity index (χ2v) is 11.5. The van der Waals surface area contributed by atoms with Crippen molar-refractivity contribution < 1.29 is 13.3 Å². The minimum Gasteiger partial charge on any atom is -0.363 e. The van der Waals surface area contributed by atoms with Crippen LogP contribution in [0.25, 0.3) is 0 Å². The van der Waals surface area contributed by atoms with Crippen LogP contribution in [-0.4, -0.2) is 74.1 Å². The fraction of sp³-hybridized carbons (Fsp3) is 0.478. The molecule has 0 bridgehead atoms. The summed E-state index contributed by atoms with van der Waals surface area (Å²) in [6, 6.07) is 14.7. The quantitative estimate of drug-likeness (QED) is 0.317. The van der Waals surface area contributed by atoms with E-state index in [-0.39, 0.29) is 10.6 Å². The standard InChI is InChI=1S/C23H30N4O4S2/c28-27(29)23-19-21(33(30,31)26-11-5-2-6-12-26)9-10-22(23)25-15-13-24(14-16-25)17-18-32-20-7-3-1-4-8-20/h1,3-4,7-10,19H,2,5-6,11-18H2. The minimum absolute atomic E-state index is 0.0106. The Morgan fingerprint density at radius 2 is 1.61 bits per heavy atom. The molecular formula is C23H30N4O4S2. The fourth-order valence-corrected chi connectivity index (χ4v) is 6.83. The number of piperidine rings is 1. The molecule has 10 heteroatoms. The number of rotatable bonds is 8. The first-order valence-electron chi connectivity index (χ1n) is 11.4. The van der Waals surface area contributed by atoms with E-state index in [0.29, 0.717) is 31.9 Å². The van der Waals surface area contributed by atoms with Gasteiger partial charge < -0.3 is 4.90 Å². The highest BCUT2D eigenvalue weighted by molar-refractivity contribution is 7.99. The third-order valence-electron chi connectivity index (χ3n) is 6.23. The molecule has 0 aliphatic carbocycles. The number of nitro benzene ring substituents is 1. The number of benzene rings is 2. The molecule has 2 saturated heterocycles. The Kier molecular flexibility index (Phi) is 7.90. The fourth-order valence-electron chi connectivity index (χ4n) is 4.35. The summed E-state index contributed by atoms with van der Waals surface area (Å²) < 4.78 is 27.4. The third-order valence-corrected chi connectivity index (χ3v) is 9.12. The van der Waals surface area contributed by atoms with Crippen LogP contribution in [0.4, 0.5) is 11.4 Å². The number of anilines is 1. The van der Waals surface area contributed by atoms with Crippen LogP contribution in [0.15, 0.2) is 58.3 Å². The number of nitro groups is 1. The average Bonchev–Trinajstić information content (AvgIpc) is 2.85. The molecule has 2 fully saturated rings. The van der Waals surface area contributed by atoms with E-state index in [9.17, 15) is 18.5 Å². The van der Waals surface area contributed by atoms with Gasteiger partial charge in [-0.3, -0.25) is 15.0 Å². The second kappa shape index (κ2) is 10.9. The van der Waals surface area contributed by atoms with Crippen LogP contribution < -0.4 is 4.90 Å². The lowest BCUT2D eigenvalue weighted by Crippen LogP contribution is -2.47. The van der Waals surface area contributed by atoms with Gasteiger partial charge in [0.1, 0.15) is 5.69 Å². The Morgan fingerprint density at radius 3 is 2.27 bits per heavy atom. The van der Waals surface area contributed by atoms with Gasteiger partial charge in [0.05, 0.1) is 9.82 Å². The van der Waals surface area contributed by atoms with Crippen LogP contribution in [0.2, 0.25) is 0 Å². The Balaban J connectivity index is 1.39. The number of hydrogen-bond donors (Lipinski definition) is 0. The molecule has 2 heterocycles. The predicted molar refractivity (Wildman–Crippen MR) is 132 cm³/mol. The maximum atomic E-state index is 13.0. The molecule has 0 saturated carbocycles. The molecule has 0 spiro atoms. The van der Waals surface area contributed by atoms with Crippen LogP contribution in [0.1, 0.15) is 19.3 Å². The van der Waals surface area contributed by atoms with Crippen LogP contribution in [-0.2, 0) is 10.0 Å². The molecule has 0 amide bonds. The number of thioether (sulfide) groups is 1. The average molecular weight is 491 g/mol. The van der Waals surface area contributed by atoms with E-state index in [2.05, 4.69) is 17.0 Å². The molecule has 2 aliphatic heterocycles. The lowest BCUT2D eigenvalue weighted by Gasteiger charge is -2.35. The largest absolute Gasteiger partial charge is 0.363 e. The van der Waals surface area contributed by atoms with Crippen LogP contribution >= 0.6 is 11.8 Å². The molecule has 33 heavy (non-hydrogen) atoms. The topological polar surface area (TPSA) is 87.0 Å².